The topological polar surface area (TPSA) is 225 Å². The van der Waals surface area contributed by atoms with E-state index in [0.717, 1.165) is 99.7 Å². The number of ether oxygens (including phenoxy) is 9. The van der Waals surface area contributed by atoms with Gasteiger partial charge in [0.1, 0.15) is 17.9 Å². The molecule has 24 atom stereocenters. The number of carbonyl (C=O) groups is 6. The van der Waals surface area contributed by atoms with E-state index in [4.69, 9.17) is 42.6 Å². The Morgan fingerprint density at radius 3 is 1.52 bits per heavy atom. The maximum Gasteiger partial charge on any atom is 0.306 e. The Bertz CT molecular complexity index is 2750. The van der Waals surface area contributed by atoms with Gasteiger partial charge in [0, 0.05) is 115 Å². The monoisotopic (exact) mass is 1590 g/mol. The van der Waals surface area contributed by atoms with Crippen molar-refractivity contribution in [1.29, 1.82) is 0 Å². The summed E-state index contributed by atoms with van der Waals surface area (Å²) in [5, 5.41) is 9.22. The second kappa shape index (κ2) is 49.9. The van der Waals surface area contributed by atoms with Gasteiger partial charge in [-0.15, -0.1) is 0 Å². The van der Waals surface area contributed by atoms with Gasteiger partial charge in [-0.2, -0.15) is 0 Å². The van der Waals surface area contributed by atoms with Crippen molar-refractivity contribution in [1.82, 2.24) is 20.9 Å². The number of nitrogens with zero attached hydrogens (tertiary/aromatic N) is 1. The standard InChI is InChI=1S/C94H166N4O15/c1-18-82-68(10)65(7)71(13)90(111-82)107-56-27-24-37-75(99)36-22-21-23-38-81(97-87(102)48-59-106-61-60-105-55-31-41-88(103)110-76-46-49-93(16)74(62-76)42-43-77-79-45-44-78(64(6)35-30-34-63(4)5)94(79,17)50-47-80(77)93)89(104)98(53-32-51-95-85(100)39-25-28-57-108-91-72(14)66(8)69(11)83(19-2)112-91)54-33-52-96-86(101)40-26-29-58-109-92-73(15)67(9)70(12)84(20-3)113-92/h42,63-73,76-84,90-92H,18-41,43-62H2,1-17H3,(H,95,100)(H,96,101)(H,97,102)/t64-,65?,66?,67?,68?,69?,70?,71?,72?,73?,76+,77?,78?,79?,80?,81+,82?,83?,84?,90?,91?,92?,93+,94-/m1/s1. The van der Waals surface area contributed by atoms with Crippen LogP contribution in [0.2, 0.25) is 0 Å². The van der Waals surface area contributed by atoms with Crippen LogP contribution in [0, 0.1) is 99.6 Å². The van der Waals surface area contributed by atoms with Crippen LogP contribution in [0.5, 0.6) is 0 Å². The number of allylic oxidation sites excluding steroid dienone is 1. The van der Waals surface area contributed by atoms with Crippen molar-refractivity contribution in [3.8, 4) is 0 Å². The fourth-order valence-corrected chi connectivity index (χ4v) is 21.3. The molecular formula is C94H166N4O15. The highest BCUT2D eigenvalue weighted by atomic mass is 16.7. The third-order valence-electron chi connectivity index (χ3n) is 29.8. The Balaban J connectivity index is 0.859. The summed E-state index contributed by atoms with van der Waals surface area (Å²) in [5.74, 6) is 7.90. The maximum absolute atomic E-state index is 15.0. The van der Waals surface area contributed by atoms with Crippen molar-refractivity contribution in [2.24, 2.45) is 99.6 Å². The van der Waals surface area contributed by atoms with Crippen LogP contribution >= 0.6 is 0 Å². The summed E-state index contributed by atoms with van der Waals surface area (Å²) < 4.78 is 55.7. The molecule has 113 heavy (non-hydrogen) atoms. The number of ketones is 1. The van der Waals surface area contributed by atoms with E-state index >= 15 is 0 Å². The van der Waals surface area contributed by atoms with Gasteiger partial charge in [-0.05, 0) is 217 Å². The molecule has 19 unspecified atom stereocenters. The number of hydrogen-bond acceptors (Lipinski definition) is 15. The molecule has 7 rings (SSSR count). The number of amides is 4. The normalized spacial score (nSPS) is 32.8. The predicted octanol–water partition coefficient (Wildman–Crippen LogP) is 18.7. The summed E-state index contributed by atoms with van der Waals surface area (Å²) in [6.45, 7) is 43.2. The average Bonchev–Trinajstić information content (AvgIpc) is 1.65. The van der Waals surface area contributed by atoms with Gasteiger partial charge in [0.25, 0.3) is 0 Å². The summed E-state index contributed by atoms with van der Waals surface area (Å²) in [7, 11) is 0. The van der Waals surface area contributed by atoms with E-state index in [0.29, 0.717) is 196 Å². The van der Waals surface area contributed by atoms with Crippen molar-refractivity contribution in [3.63, 3.8) is 0 Å². The molecule has 3 saturated heterocycles. The van der Waals surface area contributed by atoms with Crippen LogP contribution in [0.25, 0.3) is 0 Å². The molecule has 6 fully saturated rings. The molecule has 0 radical (unpaired) electrons. The zero-order chi connectivity index (χ0) is 82.2. The number of esters is 1. The highest BCUT2D eigenvalue weighted by molar-refractivity contribution is 5.87. The zero-order valence-corrected chi connectivity index (χ0v) is 74.5. The fraction of sp³-hybridized carbons (Fsp3) is 0.915. The van der Waals surface area contributed by atoms with Crippen molar-refractivity contribution in [3.05, 3.63) is 11.6 Å². The average molecular weight is 1590 g/mol. The Kier molecular flexibility index (Phi) is 42.6. The lowest BCUT2D eigenvalue weighted by Gasteiger charge is -2.58. The van der Waals surface area contributed by atoms with Gasteiger partial charge in [-0.1, -0.05) is 161 Å². The van der Waals surface area contributed by atoms with Gasteiger partial charge in [0.2, 0.25) is 23.6 Å². The van der Waals surface area contributed by atoms with E-state index in [1.54, 1.807) is 4.90 Å². The maximum atomic E-state index is 15.0. The van der Waals surface area contributed by atoms with E-state index in [-0.39, 0.29) is 116 Å². The third-order valence-corrected chi connectivity index (χ3v) is 29.8. The quantitative estimate of drug-likeness (QED) is 0.0292. The number of fused-ring (bicyclic) bond motifs is 5. The summed E-state index contributed by atoms with van der Waals surface area (Å²) in [6.07, 6.45) is 29.0. The Morgan fingerprint density at radius 1 is 0.487 bits per heavy atom. The molecule has 0 spiro atoms. The second-order valence-corrected chi connectivity index (χ2v) is 37.8. The minimum Gasteiger partial charge on any atom is -0.462 e. The lowest BCUT2D eigenvalue weighted by molar-refractivity contribution is -0.248. The van der Waals surface area contributed by atoms with E-state index in [9.17, 15) is 28.8 Å². The third kappa shape index (κ3) is 29.4. The van der Waals surface area contributed by atoms with Gasteiger partial charge in [0.15, 0.2) is 18.9 Å². The van der Waals surface area contributed by atoms with Crippen molar-refractivity contribution >= 4 is 35.4 Å². The van der Waals surface area contributed by atoms with Crippen LogP contribution in [0.3, 0.4) is 0 Å². The molecule has 3 aliphatic heterocycles. The number of unbranched alkanes of at least 4 members (excludes halogenated alkanes) is 5. The molecule has 7 aliphatic rings. The van der Waals surface area contributed by atoms with Gasteiger partial charge in [-0.25, -0.2) is 0 Å². The lowest BCUT2D eigenvalue weighted by atomic mass is 9.47. The Hall–Kier alpha value is -3.56. The minimum absolute atomic E-state index is 0.0310. The van der Waals surface area contributed by atoms with Gasteiger partial charge in [0.05, 0.1) is 38.1 Å². The Morgan fingerprint density at radius 2 is 1.00 bits per heavy atom. The van der Waals surface area contributed by atoms with Crippen molar-refractivity contribution in [2.75, 3.05) is 72.4 Å². The van der Waals surface area contributed by atoms with E-state index in [1.807, 2.05) is 0 Å². The zero-order valence-electron chi connectivity index (χ0n) is 74.5. The molecular weight excluding hydrogens is 1430 g/mol. The van der Waals surface area contributed by atoms with Crippen LogP contribution in [0.15, 0.2) is 11.6 Å². The fourth-order valence-electron chi connectivity index (χ4n) is 21.3. The number of rotatable bonds is 53. The molecule has 4 aliphatic carbocycles. The van der Waals surface area contributed by atoms with Crippen LogP contribution in [0.1, 0.15) is 330 Å². The molecule has 3 N–H and O–H groups in total. The molecule has 0 bridgehead atoms. The number of nitrogens with one attached hydrogen (secondary N) is 3. The summed E-state index contributed by atoms with van der Waals surface area (Å²) in [4.78, 5) is 83.5. The predicted molar refractivity (Wildman–Crippen MR) is 449 cm³/mol. The molecule has 0 aromatic carbocycles. The minimum atomic E-state index is -0.846. The first-order chi connectivity index (χ1) is 54.1. The number of Topliss-reactive ketones (excluding diaryl/α,β-unsaturated/α-hetero) is 1. The summed E-state index contributed by atoms with van der Waals surface area (Å²) in [6, 6.07) is -0.846. The highest BCUT2D eigenvalue weighted by Gasteiger charge is 2.59. The summed E-state index contributed by atoms with van der Waals surface area (Å²) in [5.41, 5.74) is 2.20. The van der Waals surface area contributed by atoms with Crippen LogP contribution < -0.4 is 16.0 Å². The first-order valence-electron chi connectivity index (χ1n) is 46.6. The summed E-state index contributed by atoms with van der Waals surface area (Å²) >= 11 is 0. The van der Waals surface area contributed by atoms with E-state index in [1.165, 1.54) is 56.9 Å². The number of carbonyl (C=O) groups excluding carboxylic acids is 6. The first kappa shape index (κ1) is 96.6. The van der Waals surface area contributed by atoms with Crippen molar-refractivity contribution in [2.45, 2.75) is 379 Å². The van der Waals surface area contributed by atoms with Crippen molar-refractivity contribution < 1.29 is 71.4 Å². The van der Waals surface area contributed by atoms with Gasteiger partial charge in [-0.3, -0.25) is 28.8 Å². The molecule has 19 heteroatoms. The molecule has 3 heterocycles. The largest absolute Gasteiger partial charge is 0.462 e. The van der Waals surface area contributed by atoms with Crippen LogP contribution in [0.4, 0.5) is 0 Å². The van der Waals surface area contributed by atoms with Crippen LogP contribution in [-0.2, 0) is 71.4 Å². The second-order valence-electron chi connectivity index (χ2n) is 37.8. The molecule has 4 amide bonds. The molecule has 0 aromatic heterocycles. The van der Waals surface area contributed by atoms with E-state index < -0.39 is 6.04 Å². The molecule has 652 valence electrons. The number of hydrogen-bond donors (Lipinski definition) is 3. The van der Waals surface area contributed by atoms with Gasteiger partial charge < -0.3 is 63.5 Å². The molecule has 0 aromatic rings. The SMILES string of the molecule is CCC1OC(OCCCCC(=O)CCCCC[C@H](NC(=O)CCOCCOCCCC(=O)O[C@H]2CC[C@@]3(C)C(=CCC4C5CCC([C@H](C)CCCC(C)C)[C@@]5(C)CCC43)C2)C(=O)N(CCCNC(=O)CCCCOC2OC(CC)C(C)C(C)C2C)CCCNC(=O)CCCCOC2OC(CC)C(C)C(C)C2C)C(C)C(C)C1C. The first-order valence-corrected chi connectivity index (χ1v) is 46.6. The smallest absolute Gasteiger partial charge is 0.306 e. The Labute approximate surface area is 686 Å². The molecule has 3 saturated carbocycles. The molecule has 19 nitrogen and oxygen atoms in total. The lowest BCUT2D eigenvalue weighted by Crippen LogP contribution is -2.51. The van der Waals surface area contributed by atoms with Gasteiger partial charge >= 0.3 is 5.97 Å². The highest BCUT2D eigenvalue weighted by Crippen LogP contribution is 2.67. The van der Waals surface area contributed by atoms with E-state index in [2.05, 4.69) is 140 Å². The van der Waals surface area contributed by atoms with Crippen LogP contribution in [-0.4, -0.2) is 162 Å².